The maximum atomic E-state index is 12.0. The number of rotatable bonds is 1. The van der Waals surface area contributed by atoms with Crippen LogP contribution in [0.5, 0.6) is 0 Å². The van der Waals surface area contributed by atoms with Crippen molar-refractivity contribution in [1.29, 1.82) is 0 Å². The fraction of sp³-hybridized carbons (Fsp3) is 0.357. The maximum absolute atomic E-state index is 12.0. The summed E-state index contributed by atoms with van der Waals surface area (Å²) in [7, 11) is 1.78. The molecule has 2 heterocycles. The molecular formula is C14H17N3O. The van der Waals surface area contributed by atoms with Crippen LogP contribution in [0.1, 0.15) is 0 Å². The first kappa shape index (κ1) is 11.3. The summed E-state index contributed by atoms with van der Waals surface area (Å²) < 4.78 is 1.62. The van der Waals surface area contributed by atoms with Gasteiger partial charge < -0.3 is 14.8 Å². The van der Waals surface area contributed by atoms with Crippen molar-refractivity contribution in [2.24, 2.45) is 7.05 Å². The molecule has 2 aromatic rings. The van der Waals surface area contributed by atoms with Gasteiger partial charge in [-0.15, -0.1) is 0 Å². The molecular weight excluding hydrogens is 226 g/mol. The van der Waals surface area contributed by atoms with Crippen LogP contribution >= 0.6 is 0 Å². The summed E-state index contributed by atoms with van der Waals surface area (Å²) in [6.07, 6.45) is 1.83. The number of fused-ring (bicyclic) bond motifs is 1. The van der Waals surface area contributed by atoms with E-state index in [9.17, 15) is 4.79 Å². The average Bonchev–Trinajstić information content (AvgIpc) is 2.44. The third-order valence-electron chi connectivity index (χ3n) is 3.55. The van der Waals surface area contributed by atoms with E-state index in [1.54, 1.807) is 11.6 Å². The van der Waals surface area contributed by atoms with Crippen LogP contribution in [-0.4, -0.2) is 30.7 Å². The summed E-state index contributed by atoms with van der Waals surface area (Å²) in [5.41, 5.74) is 1.27. The van der Waals surface area contributed by atoms with Crippen LogP contribution in [0, 0.1) is 0 Å². The van der Waals surface area contributed by atoms with E-state index < -0.39 is 0 Å². The normalized spacial score (nSPS) is 16.2. The van der Waals surface area contributed by atoms with Crippen LogP contribution in [0.25, 0.3) is 10.8 Å². The number of nitrogens with zero attached hydrogens (tertiary/aromatic N) is 2. The molecule has 0 amide bonds. The SMILES string of the molecule is Cn1ccc2cc(N3CCNCC3)ccc2c1=O. The van der Waals surface area contributed by atoms with E-state index in [1.165, 1.54) is 5.69 Å². The molecule has 0 bridgehead atoms. The number of piperazine rings is 1. The second-order valence-electron chi connectivity index (χ2n) is 4.74. The minimum Gasteiger partial charge on any atom is -0.369 e. The Bertz CT molecular complexity index is 626. The molecule has 0 radical (unpaired) electrons. The average molecular weight is 243 g/mol. The van der Waals surface area contributed by atoms with Crippen molar-refractivity contribution in [3.05, 3.63) is 40.8 Å². The first-order chi connectivity index (χ1) is 8.75. The molecule has 18 heavy (non-hydrogen) atoms. The van der Waals surface area contributed by atoms with Crippen molar-refractivity contribution in [3.63, 3.8) is 0 Å². The molecule has 1 fully saturated rings. The lowest BCUT2D eigenvalue weighted by atomic mass is 10.1. The number of hydrogen-bond acceptors (Lipinski definition) is 3. The fourth-order valence-corrected chi connectivity index (χ4v) is 2.45. The molecule has 1 saturated heterocycles. The zero-order valence-electron chi connectivity index (χ0n) is 10.5. The molecule has 4 nitrogen and oxygen atoms in total. The highest BCUT2D eigenvalue weighted by Crippen LogP contribution is 2.20. The molecule has 0 spiro atoms. The van der Waals surface area contributed by atoms with Gasteiger partial charge in [0.25, 0.3) is 5.56 Å². The van der Waals surface area contributed by atoms with Gasteiger partial charge in [0.05, 0.1) is 0 Å². The Morgan fingerprint density at radius 2 is 1.94 bits per heavy atom. The van der Waals surface area contributed by atoms with Crippen LogP contribution in [-0.2, 0) is 7.05 Å². The number of anilines is 1. The summed E-state index contributed by atoms with van der Waals surface area (Å²) in [5.74, 6) is 0. The fourth-order valence-electron chi connectivity index (χ4n) is 2.45. The molecule has 1 aromatic heterocycles. The van der Waals surface area contributed by atoms with Crippen LogP contribution in [0.2, 0.25) is 0 Å². The zero-order valence-corrected chi connectivity index (χ0v) is 10.5. The van der Waals surface area contributed by atoms with Gasteiger partial charge in [-0.2, -0.15) is 0 Å². The van der Waals surface area contributed by atoms with Gasteiger partial charge in [0, 0.05) is 50.5 Å². The molecule has 1 aromatic carbocycles. The quantitative estimate of drug-likeness (QED) is 0.810. The molecule has 1 N–H and O–H groups in total. The molecule has 94 valence electrons. The van der Waals surface area contributed by atoms with Crippen molar-refractivity contribution in [3.8, 4) is 0 Å². The minimum absolute atomic E-state index is 0.0689. The predicted molar refractivity (Wildman–Crippen MR) is 74.3 cm³/mol. The van der Waals surface area contributed by atoms with Crippen LogP contribution in [0.15, 0.2) is 35.3 Å². The van der Waals surface area contributed by atoms with Gasteiger partial charge >= 0.3 is 0 Å². The molecule has 1 aliphatic rings. The Morgan fingerprint density at radius 1 is 1.17 bits per heavy atom. The summed E-state index contributed by atoms with van der Waals surface area (Å²) in [6, 6.07) is 8.11. The maximum Gasteiger partial charge on any atom is 0.258 e. The summed E-state index contributed by atoms with van der Waals surface area (Å²) in [4.78, 5) is 14.3. The van der Waals surface area contributed by atoms with Crippen LogP contribution < -0.4 is 15.8 Å². The van der Waals surface area contributed by atoms with Crippen molar-refractivity contribution >= 4 is 16.5 Å². The van der Waals surface area contributed by atoms with Gasteiger partial charge in [-0.25, -0.2) is 0 Å². The molecule has 4 heteroatoms. The summed E-state index contributed by atoms with van der Waals surface area (Å²) >= 11 is 0. The Kier molecular flexibility index (Phi) is 2.80. The second-order valence-corrected chi connectivity index (χ2v) is 4.74. The number of hydrogen-bond donors (Lipinski definition) is 1. The van der Waals surface area contributed by atoms with Gasteiger partial charge in [-0.05, 0) is 29.7 Å². The lowest BCUT2D eigenvalue weighted by molar-refractivity contribution is 0.589. The van der Waals surface area contributed by atoms with E-state index >= 15 is 0 Å². The smallest absolute Gasteiger partial charge is 0.258 e. The zero-order chi connectivity index (χ0) is 12.5. The van der Waals surface area contributed by atoms with Gasteiger partial charge in [0.15, 0.2) is 0 Å². The van der Waals surface area contributed by atoms with E-state index in [0.717, 1.165) is 37.0 Å². The van der Waals surface area contributed by atoms with E-state index in [-0.39, 0.29) is 5.56 Å². The number of aryl methyl sites for hydroxylation is 1. The Morgan fingerprint density at radius 3 is 2.72 bits per heavy atom. The van der Waals surface area contributed by atoms with Crippen LogP contribution in [0.3, 0.4) is 0 Å². The van der Waals surface area contributed by atoms with Crippen molar-refractivity contribution < 1.29 is 0 Å². The van der Waals surface area contributed by atoms with Crippen molar-refractivity contribution in [1.82, 2.24) is 9.88 Å². The first-order valence-electron chi connectivity index (χ1n) is 6.31. The molecule has 3 rings (SSSR count). The first-order valence-corrected chi connectivity index (χ1v) is 6.31. The summed E-state index contributed by atoms with van der Waals surface area (Å²) in [5, 5.41) is 5.16. The lowest BCUT2D eigenvalue weighted by Gasteiger charge is -2.29. The highest BCUT2D eigenvalue weighted by atomic mass is 16.1. The summed E-state index contributed by atoms with van der Waals surface area (Å²) in [6.45, 7) is 4.09. The molecule has 0 saturated carbocycles. The highest BCUT2D eigenvalue weighted by molar-refractivity contribution is 5.85. The molecule has 0 unspecified atom stereocenters. The van der Waals surface area contributed by atoms with Crippen molar-refractivity contribution in [2.45, 2.75) is 0 Å². The minimum atomic E-state index is 0.0689. The Balaban J connectivity index is 2.06. The third kappa shape index (κ3) is 1.88. The van der Waals surface area contributed by atoms with Gasteiger partial charge in [0.2, 0.25) is 0 Å². The molecule has 1 aliphatic heterocycles. The number of benzene rings is 1. The second kappa shape index (κ2) is 4.46. The van der Waals surface area contributed by atoms with E-state index in [2.05, 4.69) is 22.3 Å². The van der Waals surface area contributed by atoms with Gasteiger partial charge in [0.1, 0.15) is 0 Å². The van der Waals surface area contributed by atoms with Gasteiger partial charge in [-0.1, -0.05) is 0 Å². The number of nitrogens with one attached hydrogen (secondary N) is 1. The van der Waals surface area contributed by atoms with Crippen molar-refractivity contribution in [2.75, 3.05) is 31.1 Å². The van der Waals surface area contributed by atoms with Crippen LogP contribution in [0.4, 0.5) is 5.69 Å². The molecule has 0 aliphatic carbocycles. The van der Waals surface area contributed by atoms with E-state index in [0.29, 0.717) is 0 Å². The largest absolute Gasteiger partial charge is 0.369 e. The molecule has 0 atom stereocenters. The number of pyridine rings is 1. The standard InChI is InChI=1S/C14H17N3O/c1-16-7-4-11-10-12(2-3-13(11)14(16)18)17-8-5-15-6-9-17/h2-4,7,10,15H,5-6,8-9H2,1H3. The predicted octanol–water partition coefficient (Wildman–Crippen LogP) is 0.948. The van der Waals surface area contributed by atoms with E-state index in [1.807, 2.05) is 18.3 Å². The monoisotopic (exact) mass is 243 g/mol. The third-order valence-corrected chi connectivity index (χ3v) is 3.55. The lowest BCUT2D eigenvalue weighted by Crippen LogP contribution is -2.43. The topological polar surface area (TPSA) is 37.3 Å². The highest BCUT2D eigenvalue weighted by Gasteiger charge is 2.11. The Hall–Kier alpha value is -1.81. The number of aromatic nitrogens is 1. The Labute approximate surface area is 106 Å². The van der Waals surface area contributed by atoms with E-state index in [4.69, 9.17) is 0 Å². The van der Waals surface area contributed by atoms with Gasteiger partial charge in [-0.3, -0.25) is 4.79 Å².